The molecule has 7 nitrogen and oxygen atoms in total. The molecule has 35 heavy (non-hydrogen) atoms. The summed E-state index contributed by atoms with van der Waals surface area (Å²) < 4.78 is 5.64. The van der Waals surface area contributed by atoms with Gasteiger partial charge in [0, 0.05) is 24.4 Å². The molecule has 4 rings (SSSR count). The molecule has 3 atom stereocenters. The van der Waals surface area contributed by atoms with Crippen LogP contribution in [-0.2, 0) is 14.3 Å². The summed E-state index contributed by atoms with van der Waals surface area (Å²) in [5, 5.41) is 15.1. The second-order valence-electron chi connectivity index (χ2n) is 9.63. The number of carboxylic acid groups (broad SMARTS) is 1. The molecule has 3 N–H and O–H groups in total. The normalized spacial score (nSPS) is 19.8. The van der Waals surface area contributed by atoms with Crippen molar-refractivity contribution in [3.05, 3.63) is 59.7 Å². The van der Waals surface area contributed by atoms with Gasteiger partial charge in [0.15, 0.2) is 0 Å². The molecule has 2 aromatic carbocycles. The van der Waals surface area contributed by atoms with Gasteiger partial charge in [0.1, 0.15) is 6.61 Å². The fourth-order valence-electron chi connectivity index (χ4n) is 5.44. The summed E-state index contributed by atoms with van der Waals surface area (Å²) in [6.45, 7) is 2.23. The Balaban J connectivity index is 1.31. The minimum Gasteiger partial charge on any atom is -0.481 e. The van der Waals surface area contributed by atoms with Crippen molar-refractivity contribution >= 4 is 18.0 Å². The molecule has 0 aromatic heterocycles. The Bertz CT molecular complexity index is 1020. The molecule has 186 valence electrons. The lowest BCUT2D eigenvalue weighted by Crippen LogP contribution is -2.44. The number of ether oxygens (including phenoxy) is 1. The Morgan fingerprint density at radius 1 is 1.03 bits per heavy atom. The topological polar surface area (TPSA) is 105 Å². The maximum absolute atomic E-state index is 12.7. The van der Waals surface area contributed by atoms with Gasteiger partial charge in [-0.15, -0.1) is 0 Å². The lowest BCUT2D eigenvalue weighted by molar-refractivity contribution is -0.143. The van der Waals surface area contributed by atoms with Crippen molar-refractivity contribution < 1.29 is 24.2 Å². The standard InChI is InChI=1S/C28H34N2O5/c1-2-8-19(16-26(31)29-20-10-7-9-18(15-20)27(32)33)30-28(34)35-17-25-23-13-5-3-11-21(23)22-12-4-6-14-24(22)25/h3-6,11-14,18-20,25H,2,7-10,15-17H2,1H3,(H,29,31)(H,30,34)(H,32,33)/t18?,19-,20?/m0/s1. The van der Waals surface area contributed by atoms with Gasteiger partial charge in [-0.05, 0) is 47.9 Å². The summed E-state index contributed by atoms with van der Waals surface area (Å²) >= 11 is 0. The zero-order valence-electron chi connectivity index (χ0n) is 20.2. The Morgan fingerprint density at radius 2 is 1.69 bits per heavy atom. The van der Waals surface area contributed by atoms with Crippen LogP contribution in [-0.4, -0.2) is 41.8 Å². The molecule has 2 unspecified atom stereocenters. The summed E-state index contributed by atoms with van der Waals surface area (Å²) in [7, 11) is 0. The second-order valence-corrected chi connectivity index (χ2v) is 9.63. The largest absolute Gasteiger partial charge is 0.481 e. The molecule has 2 aromatic rings. The number of fused-ring (bicyclic) bond motifs is 3. The average Bonchev–Trinajstić information content (AvgIpc) is 3.16. The smallest absolute Gasteiger partial charge is 0.407 e. The Labute approximate surface area is 206 Å². The van der Waals surface area contributed by atoms with Crippen molar-refractivity contribution in [2.45, 2.75) is 69.9 Å². The van der Waals surface area contributed by atoms with E-state index in [-0.39, 0.29) is 36.9 Å². The van der Waals surface area contributed by atoms with Gasteiger partial charge in [-0.2, -0.15) is 0 Å². The summed E-state index contributed by atoms with van der Waals surface area (Å²) in [5.41, 5.74) is 4.65. The molecule has 2 aliphatic rings. The zero-order chi connectivity index (χ0) is 24.8. The number of nitrogens with one attached hydrogen (secondary N) is 2. The Kier molecular flexibility index (Phi) is 8.06. The number of carbonyl (C=O) groups is 3. The number of hydrogen-bond donors (Lipinski definition) is 3. The van der Waals surface area contributed by atoms with Gasteiger partial charge in [0.2, 0.25) is 5.91 Å². The van der Waals surface area contributed by atoms with Crippen molar-refractivity contribution in [3.63, 3.8) is 0 Å². The van der Waals surface area contributed by atoms with E-state index in [1.165, 1.54) is 11.1 Å². The zero-order valence-corrected chi connectivity index (χ0v) is 20.2. The van der Waals surface area contributed by atoms with E-state index < -0.39 is 18.0 Å². The minimum atomic E-state index is -0.801. The van der Waals surface area contributed by atoms with Crippen LogP contribution in [0.25, 0.3) is 11.1 Å². The third-order valence-electron chi connectivity index (χ3n) is 7.12. The van der Waals surface area contributed by atoms with Crippen molar-refractivity contribution in [1.82, 2.24) is 10.6 Å². The molecule has 7 heteroatoms. The second kappa shape index (κ2) is 11.4. The molecular weight excluding hydrogens is 444 g/mol. The molecule has 1 saturated carbocycles. The molecule has 0 saturated heterocycles. The Morgan fingerprint density at radius 3 is 2.31 bits per heavy atom. The van der Waals surface area contributed by atoms with Crippen LogP contribution in [0.5, 0.6) is 0 Å². The van der Waals surface area contributed by atoms with Gasteiger partial charge in [0.05, 0.1) is 5.92 Å². The number of alkyl carbamates (subject to hydrolysis) is 1. The summed E-state index contributed by atoms with van der Waals surface area (Å²) in [6.07, 6.45) is 3.77. The lowest BCUT2D eigenvalue weighted by atomic mass is 9.85. The Hall–Kier alpha value is -3.35. The van der Waals surface area contributed by atoms with Crippen LogP contribution in [0.3, 0.4) is 0 Å². The number of carboxylic acids is 1. The van der Waals surface area contributed by atoms with Crippen molar-refractivity contribution in [3.8, 4) is 11.1 Å². The molecule has 2 amide bonds. The minimum absolute atomic E-state index is 0.0189. The molecule has 0 aliphatic heterocycles. The molecule has 0 bridgehead atoms. The highest BCUT2D eigenvalue weighted by molar-refractivity contribution is 5.80. The maximum atomic E-state index is 12.7. The first kappa shape index (κ1) is 24.8. The summed E-state index contributed by atoms with van der Waals surface area (Å²) in [6, 6.07) is 15.9. The van der Waals surface area contributed by atoms with E-state index >= 15 is 0 Å². The van der Waals surface area contributed by atoms with Gasteiger partial charge in [-0.25, -0.2) is 4.79 Å². The summed E-state index contributed by atoms with van der Waals surface area (Å²) in [5.74, 6) is -1.39. The van der Waals surface area contributed by atoms with E-state index in [2.05, 4.69) is 34.9 Å². The van der Waals surface area contributed by atoms with Gasteiger partial charge in [0.25, 0.3) is 0 Å². The number of carbonyl (C=O) groups excluding carboxylic acids is 2. The molecule has 0 heterocycles. The molecule has 1 fully saturated rings. The van der Waals surface area contributed by atoms with Crippen LogP contribution in [0.4, 0.5) is 4.79 Å². The molecule has 2 aliphatic carbocycles. The van der Waals surface area contributed by atoms with E-state index in [1.54, 1.807) is 0 Å². The monoisotopic (exact) mass is 478 g/mol. The van der Waals surface area contributed by atoms with Crippen LogP contribution in [0.15, 0.2) is 48.5 Å². The van der Waals surface area contributed by atoms with Crippen molar-refractivity contribution in [2.75, 3.05) is 6.61 Å². The highest BCUT2D eigenvalue weighted by Crippen LogP contribution is 2.44. The third kappa shape index (κ3) is 6.02. The fourth-order valence-corrected chi connectivity index (χ4v) is 5.44. The van der Waals surface area contributed by atoms with Crippen LogP contribution >= 0.6 is 0 Å². The third-order valence-corrected chi connectivity index (χ3v) is 7.12. The molecule has 0 spiro atoms. The van der Waals surface area contributed by atoms with Crippen molar-refractivity contribution in [1.29, 1.82) is 0 Å². The number of amides is 2. The van der Waals surface area contributed by atoms with E-state index in [1.807, 2.05) is 31.2 Å². The van der Waals surface area contributed by atoms with Gasteiger partial charge in [-0.1, -0.05) is 68.3 Å². The van der Waals surface area contributed by atoms with Gasteiger partial charge < -0.3 is 20.5 Å². The van der Waals surface area contributed by atoms with Crippen LogP contribution in [0.1, 0.15) is 68.9 Å². The summed E-state index contributed by atoms with van der Waals surface area (Å²) in [4.78, 5) is 36.6. The maximum Gasteiger partial charge on any atom is 0.407 e. The SMILES string of the molecule is CCC[C@@H](CC(=O)NC1CCCC(C(=O)O)C1)NC(=O)OCC1c2ccccc2-c2ccccc21. The van der Waals surface area contributed by atoms with Gasteiger partial charge >= 0.3 is 12.1 Å². The average molecular weight is 479 g/mol. The van der Waals surface area contributed by atoms with Gasteiger partial charge in [-0.3, -0.25) is 9.59 Å². The quantitative estimate of drug-likeness (QED) is 0.478. The van der Waals surface area contributed by atoms with Crippen LogP contribution in [0.2, 0.25) is 0 Å². The van der Waals surface area contributed by atoms with Crippen LogP contribution in [0, 0.1) is 5.92 Å². The highest BCUT2D eigenvalue weighted by Gasteiger charge is 2.30. The van der Waals surface area contributed by atoms with E-state index in [4.69, 9.17) is 4.74 Å². The predicted octanol–water partition coefficient (Wildman–Crippen LogP) is 4.84. The number of aliphatic carboxylic acids is 1. The van der Waals surface area contributed by atoms with Crippen molar-refractivity contribution in [2.24, 2.45) is 5.92 Å². The predicted molar refractivity (Wildman–Crippen MR) is 133 cm³/mol. The molecular formula is C28H34N2O5. The first-order valence-electron chi connectivity index (χ1n) is 12.6. The lowest BCUT2D eigenvalue weighted by Gasteiger charge is -2.28. The van der Waals surface area contributed by atoms with E-state index in [0.717, 1.165) is 30.4 Å². The van der Waals surface area contributed by atoms with Crippen LogP contribution < -0.4 is 10.6 Å². The number of benzene rings is 2. The highest BCUT2D eigenvalue weighted by atomic mass is 16.5. The number of rotatable bonds is 9. The first-order chi connectivity index (χ1) is 17.0. The number of hydrogen-bond acceptors (Lipinski definition) is 4. The van der Waals surface area contributed by atoms with E-state index in [9.17, 15) is 19.5 Å². The molecule has 0 radical (unpaired) electrons. The first-order valence-corrected chi connectivity index (χ1v) is 12.6. The fraction of sp³-hybridized carbons (Fsp3) is 0.464. The van der Waals surface area contributed by atoms with E-state index in [0.29, 0.717) is 19.3 Å².